The van der Waals surface area contributed by atoms with E-state index in [-0.39, 0.29) is 25.5 Å². The van der Waals surface area contributed by atoms with Crippen LogP contribution in [0.5, 0.6) is 0 Å². The molecule has 2 fully saturated rings. The number of fused-ring (bicyclic) bond motifs is 2. The highest BCUT2D eigenvalue weighted by molar-refractivity contribution is 5.90. The number of benzene rings is 3. The number of alkyl halides is 9. The van der Waals surface area contributed by atoms with Gasteiger partial charge in [-0.05, 0) is 59.6 Å². The Hall–Kier alpha value is -3.91. The molecule has 5 unspecified atom stereocenters. The first-order valence-corrected chi connectivity index (χ1v) is 14.1. The zero-order valence-electron chi connectivity index (χ0n) is 23.7. The molecule has 0 aromatic heterocycles. The van der Waals surface area contributed by atoms with Gasteiger partial charge in [-0.3, -0.25) is 10.1 Å². The summed E-state index contributed by atoms with van der Waals surface area (Å²) in [6.07, 6.45) is -16.6. The van der Waals surface area contributed by atoms with Gasteiger partial charge in [0.25, 0.3) is 0 Å². The van der Waals surface area contributed by atoms with E-state index < -0.39 is 83.2 Å². The Morgan fingerprint density at radius 3 is 1.89 bits per heavy atom. The minimum absolute atomic E-state index is 0.00370. The van der Waals surface area contributed by atoms with Gasteiger partial charge >= 0.3 is 30.5 Å². The zero-order valence-corrected chi connectivity index (χ0v) is 23.7. The van der Waals surface area contributed by atoms with Crippen molar-refractivity contribution in [2.24, 2.45) is 17.8 Å². The highest BCUT2D eigenvalue weighted by atomic mass is 19.4. The summed E-state index contributed by atoms with van der Waals surface area (Å²) in [5.41, 5.74) is -3.33. The number of hydrogen-bond donors (Lipinski definition) is 1. The lowest BCUT2D eigenvalue weighted by molar-refractivity contribution is -0.203. The van der Waals surface area contributed by atoms with Gasteiger partial charge in [-0.15, -0.1) is 0 Å². The van der Waals surface area contributed by atoms with Gasteiger partial charge < -0.3 is 9.47 Å². The highest BCUT2D eigenvalue weighted by Gasteiger charge is 2.63. The number of nitrogens with one attached hydrogen (secondary N) is 1. The van der Waals surface area contributed by atoms with Crippen molar-refractivity contribution in [1.29, 1.82) is 0 Å². The third-order valence-corrected chi connectivity index (χ3v) is 8.66. The fourth-order valence-corrected chi connectivity index (χ4v) is 6.75. The number of esters is 2. The largest absolute Gasteiger partial charge is 0.491 e. The van der Waals surface area contributed by atoms with E-state index in [0.29, 0.717) is 17.7 Å². The summed E-state index contributed by atoms with van der Waals surface area (Å²) in [6, 6.07) is 18.4. The molecule has 5 nitrogen and oxygen atoms in total. The molecule has 1 aliphatic carbocycles. The van der Waals surface area contributed by atoms with E-state index in [4.69, 9.17) is 4.74 Å². The molecule has 5 rings (SSSR count). The van der Waals surface area contributed by atoms with Gasteiger partial charge in [0.2, 0.25) is 0 Å². The molecule has 1 heterocycles. The number of rotatable bonds is 7. The van der Waals surface area contributed by atoms with Crippen LogP contribution in [0.4, 0.5) is 39.5 Å². The fourth-order valence-electron chi connectivity index (χ4n) is 6.75. The molecule has 1 saturated heterocycles. The van der Waals surface area contributed by atoms with Gasteiger partial charge in [0.05, 0.1) is 23.7 Å². The van der Waals surface area contributed by atoms with Crippen molar-refractivity contribution >= 4 is 11.9 Å². The maximum atomic E-state index is 13.5. The maximum Gasteiger partial charge on any atom is 0.491 e. The van der Waals surface area contributed by atoms with E-state index in [1.165, 1.54) is 0 Å². The molecule has 14 heteroatoms. The normalized spacial score (nSPS) is 24.9. The Morgan fingerprint density at radius 1 is 0.783 bits per heavy atom. The van der Waals surface area contributed by atoms with Gasteiger partial charge in [0.15, 0.2) is 0 Å². The molecular weight excluding hydrogens is 633 g/mol. The maximum absolute atomic E-state index is 13.5. The van der Waals surface area contributed by atoms with Crippen LogP contribution < -0.4 is 5.32 Å². The Kier molecular flexibility index (Phi) is 8.99. The molecule has 0 spiro atoms. The second kappa shape index (κ2) is 12.4. The van der Waals surface area contributed by atoms with Crippen molar-refractivity contribution in [3.05, 3.63) is 107 Å². The first-order valence-electron chi connectivity index (χ1n) is 14.1. The van der Waals surface area contributed by atoms with E-state index in [1.54, 1.807) is 60.7 Å². The van der Waals surface area contributed by atoms with Crippen LogP contribution in [0.25, 0.3) is 0 Å². The Balaban J connectivity index is 1.56. The lowest BCUT2D eigenvalue weighted by Crippen LogP contribution is -2.58. The first-order chi connectivity index (χ1) is 21.5. The summed E-state index contributed by atoms with van der Waals surface area (Å²) >= 11 is 0. The molecule has 46 heavy (non-hydrogen) atoms. The number of piperidine rings is 1. The third-order valence-electron chi connectivity index (χ3n) is 8.66. The van der Waals surface area contributed by atoms with Crippen molar-refractivity contribution in [2.45, 2.75) is 49.6 Å². The molecule has 1 aliphatic heterocycles. The Morgan fingerprint density at radius 2 is 1.35 bits per heavy atom. The van der Waals surface area contributed by atoms with Gasteiger partial charge in [0.1, 0.15) is 6.23 Å². The fraction of sp³-hybridized carbons (Fsp3) is 0.375. The molecule has 5 atom stereocenters. The molecule has 0 radical (unpaired) electrons. The summed E-state index contributed by atoms with van der Waals surface area (Å²) in [7, 11) is 0. The molecule has 0 amide bonds. The van der Waals surface area contributed by atoms with Crippen LogP contribution in [0, 0.1) is 17.8 Å². The van der Waals surface area contributed by atoms with Crippen molar-refractivity contribution in [1.82, 2.24) is 5.32 Å². The molecular formula is C32H26F9NO4. The molecule has 1 saturated carbocycles. The van der Waals surface area contributed by atoms with Crippen molar-refractivity contribution in [3.8, 4) is 0 Å². The minimum atomic E-state index is -5.42. The van der Waals surface area contributed by atoms with Gasteiger partial charge in [-0.25, -0.2) is 4.79 Å². The number of carbonyl (C=O) groups is 2. The number of hydrogen-bond acceptors (Lipinski definition) is 5. The number of carbonyl (C=O) groups excluding carboxylic acids is 2. The van der Waals surface area contributed by atoms with E-state index in [9.17, 15) is 49.1 Å². The van der Waals surface area contributed by atoms with Crippen LogP contribution in [0.1, 0.15) is 34.2 Å². The monoisotopic (exact) mass is 659 g/mol. The third kappa shape index (κ3) is 6.77. The average molecular weight is 660 g/mol. The summed E-state index contributed by atoms with van der Waals surface area (Å²) in [5.74, 6) is -6.52. The first kappa shape index (κ1) is 33.5. The van der Waals surface area contributed by atoms with Crippen LogP contribution in [-0.4, -0.2) is 30.9 Å². The quantitative estimate of drug-likeness (QED) is 0.165. The second-order valence-electron chi connectivity index (χ2n) is 11.4. The van der Waals surface area contributed by atoms with Crippen LogP contribution in [-0.2, 0) is 49.9 Å². The van der Waals surface area contributed by atoms with Crippen LogP contribution in [0.2, 0.25) is 0 Å². The Bertz CT molecular complexity index is 1530. The van der Waals surface area contributed by atoms with Crippen LogP contribution in [0.3, 0.4) is 0 Å². The number of halogens is 9. The van der Waals surface area contributed by atoms with E-state index in [0.717, 1.165) is 5.56 Å². The van der Waals surface area contributed by atoms with E-state index in [1.807, 2.05) is 0 Å². The summed E-state index contributed by atoms with van der Waals surface area (Å²) in [6.45, 7) is -0.739. The molecule has 1 N–H and O–H groups in total. The molecule has 2 bridgehead atoms. The summed E-state index contributed by atoms with van der Waals surface area (Å²) in [4.78, 5) is 24.7. The van der Waals surface area contributed by atoms with E-state index >= 15 is 0 Å². The predicted molar refractivity (Wildman–Crippen MR) is 144 cm³/mol. The zero-order chi connectivity index (χ0) is 33.5. The Labute approximate surface area is 256 Å². The van der Waals surface area contributed by atoms with Crippen molar-refractivity contribution < 1.29 is 58.6 Å². The average Bonchev–Trinajstić information content (AvgIpc) is 3.20. The smallest absolute Gasteiger partial charge is 0.386 e. The van der Waals surface area contributed by atoms with Gasteiger partial charge in [-0.1, -0.05) is 60.7 Å². The second-order valence-corrected chi connectivity index (χ2v) is 11.4. The van der Waals surface area contributed by atoms with Gasteiger partial charge in [0, 0.05) is 12.0 Å². The molecule has 246 valence electrons. The summed E-state index contributed by atoms with van der Waals surface area (Å²) in [5, 5.41) is 3.08. The van der Waals surface area contributed by atoms with E-state index in [2.05, 4.69) is 10.1 Å². The molecule has 3 aromatic carbocycles. The lowest BCUT2D eigenvalue weighted by atomic mass is 9.65. The summed E-state index contributed by atoms with van der Waals surface area (Å²) < 4.78 is 130. The van der Waals surface area contributed by atoms with Crippen molar-refractivity contribution in [2.75, 3.05) is 6.54 Å². The predicted octanol–water partition coefficient (Wildman–Crippen LogP) is 7.24. The standard InChI is InChI=1S/C32H26F9NO4/c33-30(34,35)21-11-19(12-22(14-21)31(36,37)38)17-45-27-29(20-9-5-2-6-10-20)15-23(26(43)46-28(44)32(39,40)41)24(16-42-27)25(29)13-18-7-3-1-4-8-18/h1-12,14,23-25,27,42H,13,15-17H2. The topological polar surface area (TPSA) is 64.6 Å². The minimum Gasteiger partial charge on any atom is -0.386 e. The van der Waals surface area contributed by atoms with Crippen molar-refractivity contribution in [3.63, 3.8) is 0 Å². The molecule has 2 aliphatic rings. The highest BCUT2D eigenvalue weighted by Crippen LogP contribution is 2.58. The SMILES string of the molecule is O=C(OC(=O)C(F)(F)F)C1CC2(c3ccccc3)C(OCc3cc(C(F)(F)F)cc(C(F)(F)F)c3)NCC1C2Cc1ccccc1. The van der Waals surface area contributed by atoms with Gasteiger partial charge in [-0.2, -0.15) is 39.5 Å². The lowest BCUT2D eigenvalue weighted by Gasteiger charge is -2.48. The molecule has 3 aromatic rings. The number of ether oxygens (including phenoxy) is 2. The van der Waals surface area contributed by atoms with Crippen LogP contribution >= 0.6 is 0 Å². The van der Waals surface area contributed by atoms with Crippen LogP contribution in [0.15, 0.2) is 78.9 Å².